The Bertz CT molecular complexity index is 604. The molecule has 0 saturated carbocycles. The van der Waals surface area contributed by atoms with Crippen LogP contribution in [-0.2, 0) is 0 Å². The van der Waals surface area contributed by atoms with Crippen molar-refractivity contribution in [1.29, 1.82) is 0 Å². The second kappa shape index (κ2) is 5.25. The highest BCUT2D eigenvalue weighted by atomic mass is 127. The number of nitrogens with zero attached hydrogens (tertiary/aromatic N) is 3. The third-order valence-electron chi connectivity index (χ3n) is 2.10. The van der Waals surface area contributed by atoms with E-state index in [1.54, 1.807) is 18.3 Å². The van der Waals surface area contributed by atoms with E-state index in [2.05, 4.69) is 9.97 Å². The fraction of sp³-hybridized carbons (Fsp3) is 0.0909. The van der Waals surface area contributed by atoms with E-state index >= 15 is 0 Å². The first-order valence-corrected chi connectivity index (χ1v) is 6.05. The zero-order chi connectivity index (χ0) is 13.1. The predicted octanol–water partition coefficient (Wildman–Crippen LogP) is 3.09. The number of hydrogen-bond acceptors (Lipinski definition) is 5. The highest BCUT2D eigenvalue weighted by Crippen LogP contribution is 2.28. The number of nitro groups is 1. The molecule has 7 heteroatoms. The van der Waals surface area contributed by atoms with Gasteiger partial charge in [-0.05, 0) is 41.6 Å². The second-order valence-electron chi connectivity index (χ2n) is 3.45. The van der Waals surface area contributed by atoms with Crippen LogP contribution in [-0.4, -0.2) is 14.9 Å². The molecule has 0 radical (unpaired) electrons. The average molecular weight is 357 g/mol. The van der Waals surface area contributed by atoms with Crippen LogP contribution in [0, 0.1) is 20.6 Å². The lowest BCUT2D eigenvalue weighted by Crippen LogP contribution is -1.96. The monoisotopic (exact) mass is 357 g/mol. The van der Waals surface area contributed by atoms with Crippen molar-refractivity contribution in [2.45, 2.75) is 6.92 Å². The zero-order valence-electron chi connectivity index (χ0n) is 9.33. The van der Waals surface area contributed by atoms with Crippen molar-refractivity contribution in [2.24, 2.45) is 0 Å². The molecule has 2 rings (SSSR count). The summed E-state index contributed by atoms with van der Waals surface area (Å²) in [6.07, 6.45) is 1.57. The summed E-state index contributed by atoms with van der Waals surface area (Å²) in [7, 11) is 0. The highest BCUT2D eigenvalue weighted by Gasteiger charge is 2.12. The largest absolute Gasteiger partial charge is 0.423 e. The van der Waals surface area contributed by atoms with Gasteiger partial charge in [0.1, 0.15) is 0 Å². The van der Waals surface area contributed by atoms with Crippen LogP contribution in [0.25, 0.3) is 0 Å². The van der Waals surface area contributed by atoms with E-state index < -0.39 is 4.92 Å². The molecule has 0 fully saturated rings. The molecule has 0 aliphatic heterocycles. The summed E-state index contributed by atoms with van der Waals surface area (Å²) >= 11 is 2.03. The molecule has 92 valence electrons. The number of halogens is 1. The van der Waals surface area contributed by atoms with Crippen molar-refractivity contribution in [1.82, 2.24) is 9.97 Å². The maximum Gasteiger partial charge on any atom is 0.322 e. The lowest BCUT2D eigenvalue weighted by molar-refractivity contribution is -0.384. The van der Waals surface area contributed by atoms with Gasteiger partial charge in [0.2, 0.25) is 0 Å². The Morgan fingerprint density at radius 2 is 2.17 bits per heavy atom. The quantitative estimate of drug-likeness (QED) is 0.479. The van der Waals surface area contributed by atoms with Crippen molar-refractivity contribution in [2.75, 3.05) is 0 Å². The van der Waals surface area contributed by atoms with Crippen LogP contribution in [0.2, 0.25) is 0 Å². The number of rotatable bonds is 3. The summed E-state index contributed by atoms with van der Waals surface area (Å²) in [5.74, 6) is 0.371. The summed E-state index contributed by atoms with van der Waals surface area (Å²) in [6, 6.07) is 6.31. The summed E-state index contributed by atoms with van der Waals surface area (Å²) < 4.78 is 6.20. The van der Waals surface area contributed by atoms with Gasteiger partial charge in [-0.2, -0.15) is 0 Å². The van der Waals surface area contributed by atoms with Gasteiger partial charge in [0, 0.05) is 18.0 Å². The minimum atomic E-state index is -0.472. The van der Waals surface area contributed by atoms with Gasteiger partial charge in [0.15, 0.2) is 5.75 Å². The Kier molecular flexibility index (Phi) is 3.70. The molecule has 0 saturated heterocycles. The molecule has 1 heterocycles. The Balaban J connectivity index is 2.33. The Labute approximate surface area is 116 Å². The topological polar surface area (TPSA) is 78.2 Å². The van der Waals surface area contributed by atoms with Gasteiger partial charge >= 0.3 is 6.01 Å². The average Bonchev–Trinajstić information content (AvgIpc) is 2.31. The van der Waals surface area contributed by atoms with Crippen LogP contribution in [0.15, 0.2) is 30.5 Å². The molecule has 0 atom stereocenters. The molecule has 1 aromatic heterocycles. The van der Waals surface area contributed by atoms with E-state index in [1.165, 1.54) is 12.1 Å². The van der Waals surface area contributed by atoms with Crippen molar-refractivity contribution in [3.05, 3.63) is 49.8 Å². The standard InChI is InChI=1S/C11H8IN3O3/c1-7-4-5-13-11(14-7)18-10-6-8(15(16)17)2-3-9(10)12/h2-6H,1H3. The van der Waals surface area contributed by atoms with Crippen molar-refractivity contribution >= 4 is 28.3 Å². The van der Waals surface area contributed by atoms with E-state index in [4.69, 9.17) is 4.74 Å². The van der Waals surface area contributed by atoms with Crippen LogP contribution in [0.4, 0.5) is 5.69 Å². The molecule has 2 aromatic rings. The summed E-state index contributed by atoms with van der Waals surface area (Å²) in [6.45, 7) is 1.81. The Morgan fingerprint density at radius 3 is 2.83 bits per heavy atom. The first kappa shape index (κ1) is 12.7. The number of non-ortho nitro benzene ring substituents is 1. The maximum atomic E-state index is 10.7. The third kappa shape index (κ3) is 2.92. The van der Waals surface area contributed by atoms with Crippen LogP contribution < -0.4 is 4.74 Å². The molecule has 1 aromatic carbocycles. The number of aryl methyl sites for hydroxylation is 1. The van der Waals surface area contributed by atoms with Crippen LogP contribution in [0.3, 0.4) is 0 Å². The third-order valence-corrected chi connectivity index (χ3v) is 2.99. The second-order valence-corrected chi connectivity index (χ2v) is 4.62. The number of hydrogen-bond donors (Lipinski definition) is 0. The first-order chi connectivity index (χ1) is 8.56. The van der Waals surface area contributed by atoms with Crippen LogP contribution >= 0.6 is 22.6 Å². The number of aromatic nitrogens is 2. The van der Waals surface area contributed by atoms with E-state index in [1.807, 2.05) is 29.5 Å². The molecule has 0 N–H and O–H groups in total. The lowest BCUT2D eigenvalue weighted by atomic mass is 10.3. The molecule has 0 amide bonds. The van der Waals surface area contributed by atoms with E-state index in [9.17, 15) is 10.1 Å². The van der Waals surface area contributed by atoms with Gasteiger partial charge < -0.3 is 4.74 Å². The van der Waals surface area contributed by atoms with Crippen LogP contribution in [0.1, 0.15) is 5.69 Å². The highest BCUT2D eigenvalue weighted by molar-refractivity contribution is 14.1. The Hall–Kier alpha value is -1.77. The number of nitro benzene ring substituents is 1. The molecule has 0 aliphatic rings. The smallest absolute Gasteiger partial charge is 0.322 e. The molecule has 0 spiro atoms. The normalized spacial score (nSPS) is 10.1. The van der Waals surface area contributed by atoms with Gasteiger partial charge in [-0.3, -0.25) is 10.1 Å². The molecular formula is C11H8IN3O3. The van der Waals surface area contributed by atoms with E-state index in [0.29, 0.717) is 5.75 Å². The molecule has 6 nitrogen and oxygen atoms in total. The van der Waals surface area contributed by atoms with Gasteiger partial charge in [0.25, 0.3) is 5.69 Å². The van der Waals surface area contributed by atoms with E-state index in [0.717, 1.165) is 9.26 Å². The number of ether oxygens (including phenoxy) is 1. The predicted molar refractivity (Wildman–Crippen MR) is 72.7 cm³/mol. The number of benzene rings is 1. The minimum absolute atomic E-state index is 0.0296. The molecule has 0 bridgehead atoms. The molecule has 18 heavy (non-hydrogen) atoms. The fourth-order valence-electron chi connectivity index (χ4n) is 1.26. The molecule has 0 aliphatic carbocycles. The summed E-state index contributed by atoms with van der Waals surface area (Å²) in [4.78, 5) is 18.2. The summed E-state index contributed by atoms with van der Waals surface area (Å²) in [5.41, 5.74) is 0.735. The van der Waals surface area contributed by atoms with Crippen molar-refractivity contribution < 1.29 is 9.66 Å². The zero-order valence-corrected chi connectivity index (χ0v) is 11.5. The first-order valence-electron chi connectivity index (χ1n) is 4.98. The van der Waals surface area contributed by atoms with Gasteiger partial charge in [-0.1, -0.05) is 0 Å². The molecular weight excluding hydrogens is 349 g/mol. The Morgan fingerprint density at radius 1 is 1.39 bits per heavy atom. The van der Waals surface area contributed by atoms with E-state index in [-0.39, 0.29) is 11.7 Å². The van der Waals surface area contributed by atoms with Gasteiger partial charge in [-0.15, -0.1) is 0 Å². The SMILES string of the molecule is Cc1ccnc(Oc2cc([N+](=O)[O-])ccc2I)n1. The minimum Gasteiger partial charge on any atom is -0.423 e. The van der Waals surface area contributed by atoms with Gasteiger partial charge in [0.05, 0.1) is 14.6 Å². The molecule has 0 unspecified atom stereocenters. The van der Waals surface area contributed by atoms with Crippen LogP contribution in [0.5, 0.6) is 11.8 Å². The lowest BCUT2D eigenvalue weighted by Gasteiger charge is -2.05. The fourth-order valence-corrected chi connectivity index (χ4v) is 1.70. The summed E-state index contributed by atoms with van der Waals surface area (Å²) in [5, 5.41) is 10.7. The van der Waals surface area contributed by atoms with Crippen molar-refractivity contribution in [3.8, 4) is 11.8 Å². The maximum absolute atomic E-state index is 10.7. The van der Waals surface area contributed by atoms with Crippen molar-refractivity contribution in [3.63, 3.8) is 0 Å². The van der Waals surface area contributed by atoms with Gasteiger partial charge in [-0.25, -0.2) is 9.97 Å².